The Labute approximate surface area is 99.7 Å². The molecule has 0 N–H and O–H groups in total. The summed E-state index contributed by atoms with van der Waals surface area (Å²) in [6, 6.07) is 8.94. The second-order valence-corrected chi connectivity index (χ2v) is 3.71. The van der Waals surface area contributed by atoms with Crippen molar-refractivity contribution in [2.75, 3.05) is 0 Å². The summed E-state index contributed by atoms with van der Waals surface area (Å²) in [5.74, 6) is 0. The van der Waals surface area contributed by atoms with Gasteiger partial charge < -0.3 is 0 Å². The molecule has 1 aromatic rings. The molecule has 16 heavy (non-hydrogen) atoms. The zero-order valence-corrected chi connectivity index (χ0v) is 10.7. The number of aryl methyl sites for hydroxylation is 1. The average molecular weight is 214 g/mol. The molecule has 0 aromatic heterocycles. The van der Waals surface area contributed by atoms with Gasteiger partial charge in [0.25, 0.3) is 0 Å². The molecule has 0 saturated carbocycles. The fourth-order valence-electron chi connectivity index (χ4n) is 1.80. The number of rotatable bonds is 2. The highest BCUT2D eigenvalue weighted by Gasteiger charge is 2.02. The Hall–Kier alpha value is -1.30. The SMILES string of the molecule is CC.CCc1ccc(C2=CC=CCC2)cc1. The Morgan fingerprint density at radius 2 is 1.75 bits per heavy atom. The molecule has 0 unspecified atom stereocenters. The summed E-state index contributed by atoms with van der Waals surface area (Å²) in [6.07, 6.45) is 10.1. The fourth-order valence-corrected chi connectivity index (χ4v) is 1.80. The molecular formula is C16H22. The Kier molecular flexibility index (Phi) is 5.63. The van der Waals surface area contributed by atoms with Crippen LogP contribution in [0.3, 0.4) is 0 Å². The lowest BCUT2D eigenvalue weighted by Crippen LogP contribution is -1.88. The van der Waals surface area contributed by atoms with Gasteiger partial charge >= 0.3 is 0 Å². The van der Waals surface area contributed by atoms with E-state index in [1.165, 1.54) is 29.5 Å². The van der Waals surface area contributed by atoms with E-state index >= 15 is 0 Å². The summed E-state index contributed by atoms with van der Waals surface area (Å²) in [5, 5.41) is 0. The molecule has 0 heteroatoms. The smallest absolute Gasteiger partial charge is 0.0224 e. The van der Waals surface area contributed by atoms with Crippen LogP contribution in [0.2, 0.25) is 0 Å². The standard InChI is InChI=1S/C14H16.C2H6/c1-2-12-8-10-14(11-9-12)13-6-4-3-5-7-13;1-2/h3-4,6,8-11H,2,5,7H2,1H3;1-2H3. The molecule has 1 aromatic carbocycles. The molecule has 0 nitrogen and oxygen atoms in total. The Bertz CT molecular complexity index is 352. The minimum Gasteiger partial charge on any atom is -0.0842 e. The van der Waals surface area contributed by atoms with E-state index in [-0.39, 0.29) is 0 Å². The first kappa shape index (κ1) is 12.8. The quantitative estimate of drug-likeness (QED) is 0.649. The maximum atomic E-state index is 2.24. The van der Waals surface area contributed by atoms with E-state index in [2.05, 4.69) is 49.4 Å². The van der Waals surface area contributed by atoms with E-state index in [9.17, 15) is 0 Å². The number of benzene rings is 1. The van der Waals surface area contributed by atoms with Crippen LogP contribution >= 0.6 is 0 Å². The molecule has 0 aliphatic heterocycles. The summed E-state index contributed by atoms with van der Waals surface area (Å²) in [7, 11) is 0. The Morgan fingerprint density at radius 3 is 2.25 bits per heavy atom. The van der Waals surface area contributed by atoms with E-state index in [0.29, 0.717) is 0 Å². The third-order valence-corrected chi connectivity index (χ3v) is 2.75. The molecule has 0 fully saturated rings. The molecule has 0 radical (unpaired) electrons. The van der Waals surface area contributed by atoms with Crippen molar-refractivity contribution in [3.63, 3.8) is 0 Å². The monoisotopic (exact) mass is 214 g/mol. The van der Waals surface area contributed by atoms with Gasteiger partial charge in [0.2, 0.25) is 0 Å². The summed E-state index contributed by atoms with van der Waals surface area (Å²) in [5.41, 5.74) is 4.27. The maximum absolute atomic E-state index is 2.24. The first-order valence-electron chi connectivity index (χ1n) is 6.35. The number of allylic oxidation sites excluding steroid dienone is 4. The minimum atomic E-state index is 1.12. The molecule has 1 aliphatic rings. The number of hydrogen-bond donors (Lipinski definition) is 0. The largest absolute Gasteiger partial charge is 0.0842 e. The van der Waals surface area contributed by atoms with Crippen LogP contribution in [-0.2, 0) is 6.42 Å². The Balaban J connectivity index is 0.000000606. The molecule has 0 atom stereocenters. The topological polar surface area (TPSA) is 0 Å². The van der Waals surface area contributed by atoms with Crippen LogP contribution in [0.15, 0.2) is 42.5 Å². The van der Waals surface area contributed by atoms with Crippen molar-refractivity contribution in [2.45, 2.75) is 40.0 Å². The normalized spacial score (nSPS) is 13.8. The lowest BCUT2D eigenvalue weighted by molar-refractivity contribution is 1.05. The van der Waals surface area contributed by atoms with E-state index < -0.39 is 0 Å². The summed E-state index contributed by atoms with van der Waals surface area (Å²) >= 11 is 0. The van der Waals surface area contributed by atoms with Gasteiger partial charge in [-0.1, -0.05) is 63.3 Å². The lowest BCUT2D eigenvalue weighted by atomic mass is 9.96. The van der Waals surface area contributed by atoms with Gasteiger partial charge in [-0.2, -0.15) is 0 Å². The zero-order valence-electron chi connectivity index (χ0n) is 10.7. The van der Waals surface area contributed by atoms with Crippen LogP contribution in [0.25, 0.3) is 5.57 Å². The molecule has 86 valence electrons. The van der Waals surface area contributed by atoms with Crippen molar-refractivity contribution in [1.82, 2.24) is 0 Å². The fraction of sp³-hybridized carbons (Fsp3) is 0.375. The van der Waals surface area contributed by atoms with Crippen LogP contribution in [0.5, 0.6) is 0 Å². The predicted molar refractivity (Wildman–Crippen MR) is 73.5 cm³/mol. The number of hydrogen-bond acceptors (Lipinski definition) is 0. The van der Waals surface area contributed by atoms with E-state index in [4.69, 9.17) is 0 Å². The maximum Gasteiger partial charge on any atom is -0.0224 e. The lowest BCUT2D eigenvalue weighted by Gasteiger charge is -2.09. The van der Waals surface area contributed by atoms with Gasteiger partial charge in [-0.3, -0.25) is 0 Å². The summed E-state index contributed by atoms with van der Waals surface area (Å²) in [4.78, 5) is 0. The van der Waals surface area contributed by atoms with Gasteiger partial charge in [0.1, 0.15) is 0 Å². The van der Waals surface area contributed by atoms with E-state index in [0.717, 1.165) is 6.42 Å². The molecular weight excluding hydrogens is 192 g/mol. The molecule has 0 heterocycles. The van der Waals surface area contributed by atoms with Gasteiger partial charge in [-0.15, -0.1) is 0 Å². The van der Waals surface area contributed by atoms with Gasteiger partial charge in [-0.25, -0.2) is 0 Å². The van der Waals surface area contributed by atoms with Crippen LogP contribution < -0.4 is 0 Å². The molecule has 0 spiro atoms. The highest BCUT2D eigenvalue weighted by atomic mass is 14.1. The van der Waals surface area contributed by atoms with Crippen LogP contribution in [-0.4, -0.2) is 0 Å². The molecule has 0 bridgehead atoms. The highest BCUT2D eigenvalue weighted by Crippen LogP contribution is 2.23. The average Bonchev–Trinajstić information content (AvgIpc) is 2.42. The van der Waals surface area contributed by atoms with E-state index in [1.807, 2.05) is 13.8 Å². The second-order valence-electron chi connectivity index (χ2n) is 3.71. The van der Waals surface area contributed by atoms with E-state index in [1.54, 1.807) is 0 Å². The molecule has 1 aliphatic carbocycles. The molecule has 2 rings (SSSR count). The van der Waals surface area contributed by atoms with Gasteiger partial charge in [0.05, 0.1) is 0 Å². The van der Waals surface area contributed by atoms with Crippen molar-refractivity contribution < 1.29 is 0 Å². The third kappa shape index (κ3) is 3.37. The van der Waals surface area contributed by atoms with Crippen LogP contribution in [0.4, 0.5) is 0 Å². The summed E-state index contributed by atoms with van der Waals surface area (Å²) < 4.78 is 0. The third-order valence-electron chi connectivity index (χ3n) is 2.75. The predicted octanol–water partition coefficient (Wildman–Crippen LogP) is 5.01. The molecule has 0 saturated heterocycles. The van der Waals surface area contributed by atoms with Crippen LogP contribution in [0, 0.1) is 0 Å². The minimum absolute atomic E-state index is 1.12. The second kappa shape index (κ2) is 7.05. The van der Waals surface area contributed by atoms with Gasteiger partial charge in [-0.05, 0) is 36.0 Å². The van der Waals surface area contributed by atoms with Crippen molar-refractivity contribution in [2.24, 2.45) is 0 Å². The van der Waals surface area contributed by atoms with Crippen LogP contribution in [0.1, 0.15) is 44.7 Å². The Morgan fingerprint density at radius 1 is 1.06 bits per heavy atom. The first-order chi connectivity index (χ1) is 7.90. The van der Waals surface area contributed by atoms with Gasteiger partial charge in [0.15, 0.2) is 0 Å². The van der Waals surface area contributed by atoms with Crippen molar-refractivity contribution in [3.05, 3.63) is 53.6 Å². The zero-order chi connectivity index (χ0) is 11.8. The molecule has 0 amide bonds. The summed E-state index contributed by atoms with van der Waals surface area (Å²) in [6.45, 7) is 6.19. The first-order valence-corrected chi connectivity index (χ1v) is 6.35. The van der Waals surface area contributed by atoms with Crippen molar-refractivity contribution >= 4 is 5.57 Å². The van der Waals surface area contributed by atoms with Crippen molar-refractivity contribution in [3.8, 4) is 0 Å². The van der Waals surface area contributed by atoms with Crippen molar-refractivity contribution in [1.29, 1.82) is 0 Å². The van der Waals surface area contributed by atoms with Gasteiger partial charge in [0, 0.05) is 0 Å². The highest BCUT2D eigenvalue weighted by molar-refractivity contribution is 5.68.